The van der Waals surface area contributed by atoms with Crippen molar-refractivity contribution in [1.82, 2.24) is 5.32 Å². The average Bonchev–Trinajstić information content (AvgIpc) is 2.83. The first-order valence-corrected chi connectivity index (χ1v) is 8.19. The lowest BCUT2D eigenvalue weighted by molar-refractivity contribution is -0.126. The highest BCUT2D eigenvalue weighted by molar-refractivity contribution is 5.85. The molecule has 1 amide bonds. The molecule has 4 atom stereocenters. The van der Waals surface area contributed by atoms with Crippen LogP contribution >= 0.6 is 0 Å². The van der Waals surface area contributed by atoms with Gasteiger partial charge in [0.05, 0.1) is 6.10 Å². The number of nitrogens with two attached hydrogens (primary N) is 1. The number of amides is 1. The molecule has 0 aromatic carbocycles. The highest BCUT2D eigenvalue weighted by Crippen LogP contribution is 2.38. The van der Waals surface area contributed by atoms with Crippen LogP contribution in [0.25, 0.3) is 0 Å². The number of nitrogens with one attached hydrogen (secondary N) is 1. The molecule has 0 spiro atoms. The molecule has 0 bridgehead atoms. The van der Waals surface area contributed by atoms with E-state index in [1.165, 1.54) is 25.7 Å². The van der Waals surface area contributed by atoms with Crippen molar-refractivity contribution in [3.8, 4) is 0 Å². The van der Waals surface area contributed by atoms with E-state index in [9.17, 15) is 4.79 Å². The van der Waals surface area contributed by atoms with Crippen LogP contribution in [0.1, 0.15) is 58.3 Å². The van der Waals surface area contributed by atoms with Gasteiger partial charge in [0, 0.05) is 6.61 Å². The van der Waals surface area contributed by atoms with Gasteiger partial charge in [0.15, 0.2) is 0 Å². The zero-order chi connectivity index (χ0) is 14.6. The van der Waals surface area contributed by atoms with Crippen molar-refractivity contribution < 1.29 is 9.53 Å². The summed E-state index contributed by atoms with van der Waals surface area (Å²) in [7, 11) is 1.85. The number of carbonyl (C=O) groups excluding carboxylic acids is 1. The Bertz CT molecular complexity index is 334. The van der Waals surface area contributed by atoms with E-state index in [2.05, 4.69) is 12.2 Å². The van der Waals surface area contributed by atoms with Gasteiger partial charge in [0.1, 0.15) is 5.54 Å². The van der Waals surface area contributed by atoms with Crippen LogP contribution in [0.2, 0.25) is 0 Å². The molecule has 0 aliphatic heterocycles. The Labute approximate surface area is 122 Å². The highest BCUT2D eigenvalue weighted by Gasteiger charge is 2.46. The predicted octanol–water partition coefficient (Wildman–Crippen LogP) is 2.22. The molecule has 2 rings (SSSR count). The SMILES string of the molecule is CNC1(C(N)=O)CCCC1CCOC1CCCC(C)C1. The van der Waals surface area contributed by atoms with Gasteiger partial charge in [-0.15, -0.1) is 0 Å². The smallest absolute Gasteiger partial charge is 0.238 e. The minimum absolute atomic E-state index is 0.200. The Morgan fingerprint density at radius 1 is 1.35 bits per heavy atom. The highest BCUT2D eigenvalue weighted by atomic mass is 16.5. The van der Waals surface area contributed by atoms with Gasteiger partial charge in [-0.1, -0.05) is 26.2 Å². The first kappa shape index (κ1) is 15.8. The van der Waals surface area contributed by atoms with Crippen molar-refractivity contribution in [2.24, 2.45) is 17.6 Å². The first-order valence-electron chi connectivity index (χ1n) is 8.19. The van der Waals surface area contributed by atoms with Crippen molar-refractivity contribution in [3.63, 3.8) is 0 Å². The lowest BCUT2D eigenvalue weighted by Gasteiger charge is -2.33. The molecule has 2 aliphatic rings. The van der Waals surface area contributed by atoms with Gasteiger partial charge in [0.2, 0.25) is 5.91 Å². The van der Waals surface area contributed by atoms with Crippen molar-refractivity contribution in [3.05, 3.63) is 0 Å². The fraction of sp³-hybridized carbons (Fsp3) is 0.938. The second-order valence-corrected chi connectivity index (χ2v) is 6.73. The molecule has 0 aromatic rings. The number of rotatable bonds is 6. The second-order valence-electron chi connectivity index (χ2n) is 6.73. The minimum atomic E-state index is -0.497. The number of ether oxygens (including phenoxy) is 1. The fourth-order valence-electron chi connectivity index (χ4n) is 4.15. The van der Waals surface area contributed by atoms with Crippen LogP contribution in [-0.2, 0) is 9.53 Å². The van der Waals surface area contributed by atoms with Gasteiger partial charge in [0.25, 0.3) is 0 Å². The fourth-order valence-corrected chi connectivity index (χ4v) is 4.15. The van der Waals surface area contributed by atoms with E-state index in [-0.39, 0.29) is 5.91 Å². The van der Waals surface area contributed by atoms with Gasteiger partial charge in [-0.05, 0) is 51.0 Å². The summed E-state index contributed by atoms with van der Waals surface area (Å²) in [6, 6.07) is 0. The molecule has 2 fully saturated rings. The predicted molar refractivity (Wildman–Crippen MR) is 80.3 cm³/mol. The van der Waals surface area contributed by atoms with E-state index in [4.69, 9.17) is 10.5 Å². The molecule has 4 unspecified atom stereocenters. The molecule has 2 saturated carbocycles. The van der Waals surface area contributed by atoms with Crippen molar-refractivity contribution in [1.29, 1.82) is 0 Å². The number of likely N-dealkylation sites (N-methyl/N-ethyl adjacent to an activating group) is 1. The molecule has 4 heteroatoms. The van der Waals surface area contributed by atoms with E-state index in [0.717, 1.165) is 38.2 Å². The topological polar surface area (TPSA) is 64.3 Å². The molecular formula is C16H30N2O2. The molecule has 0 heterocycles. The summed E-state index contributed by atoms with van der Waals surface area (Å²) in [5.74, 6) is 0.919. The maximum Gasteiger partial charge on any atom is 0.238 e. The molecule has 20 heavy (non-hydrogen) atoms. The largest absolute Gasteiger partial charge is 0.378 e. The van der Waals surface area contributed by atoms with Gasteiger partial charge in [-0.25, -0.2) is 0 Å². The summed E-state index contributed by atoms with van der Waals surface area (Å²) in [6.45, 7) is 3.07. The minimum Gasteiger partial charge on any atom is -0.378 e. The van der Waals surface area contributed by atoms with Gasteiger partial charge in [-0.3, -0.25) is 4.79 Å². The summed E-state index contributed by atoms with van der Waals surface area (Å²) in [5.41, 5.74) is 5.13. The summed E-state index contributed by atoms with van der Waals surface area (Å²) < 4.78 is 6.05. The standard InChI is InChI=1S/C16H30N2O2/c1-12-5-3-7-14(11-12)20-10-8-13-6-4-9-16(13,18-2)15(17)19/h12-14,18H,3-11H2,1-2H3,(H2,17,19). The summed E-state index contributed by atoms with van der Waals surface area (Å²) in [5, 5.41) is 3.19. The molecule has 0 radical (unpaired) electrons. The van der Waals surface area contributed by atoms with Crippen LogP contribution in [0.3, 0.4) is 0 Å². The zero-order valence-corrected chi connectivity index (χ0v) is 13.0. The van der Waals surface area contributed by atoms with Crippen LogP contribution in [0.5, 0.6) is 0 Å². The van der Waals surface area contributed by atoms with Crippen LogP contribution in [-0.4, -0.2) is 31.2 Å². The van der Waals surface area contributed by atoms with Crippen LogP contribution < -0.4 is 11.1 Å². The third-order valence-electron chi connectivity index (χ3n) is 5.41. The maximum absolute atomic E-state index is 11.8. The Balaban J connectivity index is 1.79. The van der Waals surface area contributed by atoms with E-state index in [0.29, 0.717) is 12.0 Å². The number of carbonyl (C=O) groups is 1. The van der Waals surface area contributed by atoms with E-state index in [1.54, 1.807) is 0 Å². The van der Waals surface area contributed by atoms with Gasteiger partial charge >= 0.3 is 0 Å². The zero-order valence-electron chi connectivity index (χ0n) is 13.0. The number of hydrogen-bond acceptors (Lipinski definition) is 3. The third-order valence-corrected chi connectivity index (χ3v) is 5.41. The molecule has 4 nitrogen and oxygen atoms in total. The monoisotopic (exact) mass is 282 g/mol. The van der Waals surface area contributed by atoms with Crippen LogP contribution in [0.15, 0.2) is 0 Å². The summed E-state index contributed by atoms with van der Waals surface area (Å²) in [6.07, 6.45) is 9.41. The Hall–Kier alpha value is -0.610. The van der Waals surface area contributed by atoms with E-state index in [1.807, 2.05) is 7.05 Å². The second kappa shape index (κ2) is 6.90. The lowest BCUT2D eigenvalue weighted by Crippen LogP contribution is -2.56. The quantitative estimate of drug-likeness (QED) is 0.785. The maximum atomic E-state index is 11.8. The molecule has 0 saturated heterocycles. The average molecular weight is 282 g/mol. The normalized spacial score (nSPS) is 38.0. The first-order chi connectivity index (χ1) is 9.58. The van der Waals surface area contributed by atoms with Crippen LogP contribution in [0, 0.1) is 11.8 Å². The van der Waals surface area contributed by atoms with Crippen molar-refractivity contribution in [2.45, 2.75) is 69.9 Å². The molecule has 0 aromatic heterocycles. The van der Waals surface area contributed by atoms with E-state index >= 15 is 0 Å². The van der Waals surface area contributed by atoms with Crippen LogP contribution in [0.4, 0.5) is 0 Å². The van der Waals surface area contributed by atoms with Crippen molar-refractivity contribution in [2.75, 3.05) is 13.7 Å². The van der Waals surface area contributed by atoms with E-state index < -0.39 is 5.54 Å². The Kier molecular flexibility index (Phi) is 5.44. The number of hydrogen-bond donors (Lipinski definition) is 2. The molecule has 3 N–H and O–H groups in total. The van der Waals surface area contributed by atoms with Gasteiger partial charge < -0.3 is 15.8 Å². The van der Waals surface area contributed by atoms with Crippen molar-refractivity contribution >= 4 is 5.91 Å². The Morgan fingerprint density at radius 2 is 2.15 bits per heavy atom. The lowest BCUT2D eigenvalue weighted by atomic mass is 9.84. The van der Waals surface area contributed by atoms with Gasteiger partial charge in [-0.2, -0.15) is 0 Å². The molecular weight excluding hydrogens is 252 g/mol. The molecule has 116 valence electrons. The molecule has 2 aliphatic carbocycles. The summed E-state index contributed by atoms with van der Waals surface area (Å²) >= 11 is 0. The third kappa shape index (κ3) is 3.34. The summed E-state index contributed by atoms with van der Waals surface area (Å²) in [4.78, 5) is 11.8. The number of primary amides is 1. The Morgan fingerprint density at radius 3 is 2.80 bits per heavy atom.